The summed E-state index contributed by atoms with van der Waals surface area (Å²) < 4.78 is 19.7. The Morgan fingerprint density at radius 3 is 2.75 bits per heavy atom. The number of hydrogen-bond acceptors (Lipinski definition) is 2. The number of ether oxygens (including phenoxy) is 1. The summed E-state index contributed by atoms with van der Waals surface area (Å²) in [5.74, 6) is 0.549. The van der Waals surface area contributed by atoms with Crippen molar-refractivity contribution in [2.24, 2.45) is 0 Å². The number of nitrogens with zero attached hydrogens (tertiary/aromatic N) is 1. The zero-order valence-corrected chi connectivity index (χ0v) is 12.3. The molecule has 4 heteroatoms. The van der Waals surface area contributed by atoms with Gasteiger partial charge in [-0.1, -0.05) is 18.2 Å². The van der Waals surface area contributed by atoms with Crippen LogP contribution in [0.25, 0.3) is 10.9 Å². The van der Waals surface area contributed by atoms with Crippen molar-refractivity contribution in [3.05, 3.63) is 64.4 Å². The van der Waals surface area contributed by atoms with Gasteiger partial charge in [-0.25, -0.2) is 9.37 Å². The summed E-state index contributed by atoms with van der Waals surface area (Å²) in [7, 11) is 0. The van der Waals surface area contributed by atoms with Crippen LogP contribution in [0.3, 0.4) is 0 Å². The van der Waals surface area contributed by atoms with Crippen molar-refractivity contribution < 1.29 is 9.13 Å². The van der Waals surface area contributed by atoms with Gasteiger partial charge in [0.25, 0.3) is 0 Å². The molecule has 2 aromatic carbocycles. The highest BCUT2D eigenvalue weighted by Gasteiger charge is 2.09. The van der Waals surface area contributed by atoms with Crippen LogP contribution < -0.4 is 4.74 Å². The number of para-hydroxylation sites is 1. The Kier molecular flexibility index (Phi) is 3.40. The van der Waals surface area contributed by atoms with Crippen molar-refractivity contribution in [1.29, 1.82) is 0 Å². The molecular formula is C16H11BrFNO. The van der Waals surface area contributed by atoms with E-state index in [0.29, 0.717) is 16.1 Å². The second-order valence-corrected chi connectivity index (χ2v) is 5.33. The largest absolute Gasteiger partial charge is 0.437 e. The summed E-state index contributed by atoms with van der Waals surface area (Å²) in [5.41, 5.74) is 1.75. The van der Waals surface area contributed by atoms with Gasteiger partial charge in [-0.15, -0.1) is 0 Å². The van der Waals surface area contributed by atoms with Crippen LogP contribution in [0.15, 0.2) is 53.0 Å². The molecule has 0 aliphatic rings. The zero-order valence-electron chi connectivity index (χ0n) is 10.7. The van der Waals surface area contributed by atoms with Crippen LogP contribution in [0, 0.1) is 12.7 Å². The van der Waals surface area contributed by atoms with Crippen LogP contribution in [-0.2, 0) is 0 Å². The smallest absolute Gasteiger partial charge is 0.222 e. The highest BCUT2D eigenvalue weighted by Crippen LogP contribution is 2.32. The average molecular weight is 332 g/mol. The van der Waals surface area contributed by atoms with E-state index in [1.807, 2.05) is 37.3 Å². The second kappa shape index (κ2) is 5.21. The third-order valence-corrected chi connectivity index (χ3v) is 3.62. The van der Waals surface area contributed by atoms with Crippen molar-refractivity contribution in [2.75, 3.05) is 0 Å². The summed E-state index contributed by atoms with van der Waals surface area (Å²) in [6.45, 7) is 1.92. The molecule has 20 heavy (non-hydrogen) atoms. The molecule has 1 aromatic heterocycles. The number of rotatable bonds is 2. The van der Waals surface area contributed by atoms with Gasteiger partial charge in [-0.05, 0) is 47.1 Å². The van der Waals surface area contributed by atoms with Crippen molar-refractivity contribution in [3.8, 4) is 11.6 Å². The Morgan fingerprint density at radius 2 is 1.90 bits per heavy atom. The van der Waals surface area contributed by atoms with Crippen molar-refractivity contribution >= 4 is 26.8 Å². The molecule has 0 spiro atoms. The quantitative estimate of drug-likeness (QED) is 0.640. The second-order valence-electron chi connectivity index (χ2n) is 4.48. The van der Waals surface area contributed by atoms with E-state index in [2.05, 4.69) is 20.9 Å². The number of halogens is 2. The van der Waals surface area contributed by atoms with Gasteiger partial charge in [0.15, 0.2) is 0 Å². The molecule has 0 atom stereocenters. The first-order valence-electron chi connectivity index (χ1n) is 6.13. The van der Waals surface area contributed by atoms with Gasteiger partial charge in [0.1, 0.15) is 11.6 Å². The van der Waals surface area contributed by atoms with Crippen LogP contribution in [0.1, 0.15) is 5.56 Å². The molecular weight excluding hydrogens is 321 g/mol. The molecule has 3 rings (SSSR count). The first kappa shape index (κ1) is 13.1. The molecule has 0 aliphatic carbocycles. The Balaban J connectivity index is 2.06. The van der Waals surface area contributed by atoms with E-state index in [4.69, 9.17) is 4.74 Å². The normalized spacial score (nSPS) is 10.8. The minimum Gasteiger partial charge on any atom is -0.437 e. The van der Waals surface area contributed by atoms with Gasteiger partial charge in [0, 0.05) is 17.0 Å². The average Bonchev–Trinajstić information content (AvgIpc) is 2.43. The number of fused-ring (bicyclic) bond motifs is 1. The summed E-state index contributed by atoms with van der Waals surface area (Å²) in [6.07, 6.45) is 0. The molecule has 0 bridgehead atoms. The molecule has 0 saturated heterocycles. The molecule has 0 fully saturated rings. The molecule has 100 valence electrons. The van der Waals surface area contributed by atoms with Crippen molar-refractivity contribution in [2.45, 2.75) is 6.92 Å². The van der Waals surface area contributed by atoms with Gasteiger partial charge in [-0.2, -0.15) is 0 Å². The minimum atomic E-state index is -0.346. The first-order chi connectivity index (χ1) is 9.63. The summed E-state index contributed by atoms with van der Waals surface area (Å²) in [5, 5.41) is 1.05. The van der Waals surface area contributed by atoms with E-state index < -0.39 is 0 Å². The number of benzene rings is 2. The summed E-state index contributed by atoms with van der Waals surface area (Å²) in [6, 6.07) is 14.1. The molecule has 0 saturated carbocycles. The molecule has 0 radical (unpaired) electrons. The van der Waals surface area contributed by atoms with Crippen LogP contribution in [-0.4, -0.2) is 4.98 Å². The molecule has 2 nitrogen and oxygen atoms in total. The van der Waals surface area contributed by atoms with Gasteiger partial charge in [0.2, 0.25) is 5.88 Å². The lowest BCUT2D eigenvalue weighted by Gasteiger charge is -2.10. The fraction of sp³-hybridized carbons (Fsp3) is 0.0625. The van der Waals surface area contributed by atoms with Crippen molar-refractivity contribution in [3.63, 3.8) is 0 Å². The van der Waals surface area contributed by atoms with Crippen molar-refractivity contribution in [1.82, 2.24) is 4.98 Å². The summed E-state index contributed by atoms with van der Waals surface area (Å²) >= 11 is 3.34. The summed E-state index contributed by atoms with van der Waals surface area (Å²) in [4.78, 5) is 4.48. The van der Waals surface area contributed by atoms with E-state index in [1.54, 1.807) is 6.07 Å². The fourth-order valence-corrected chi connectivity index (χ4v) is 2.29. The SMILES string of the molecule is Cc1cc2ccccc2nc1Oc1cc(F)ccc1Br. The van der Waals surface area contributed by atoms with Gasteiger partial charge in [-0.3, -0.25) is 0 Å². The minimum absolute atomic E-state index is 0.346. The highest BCUT2D eigenvalue weighted by atomic mass is 79.9. The Morgan fingerprint density at radius 1 is 1.10 bits per heavy atom. The lowest BCUT2D eigenvalue weighted by molar-refractivity contribution is 0.453. The van der Waals surface area contributed by atoms with Gasteiger partial charge in [0.05, 0.1) is 9.99 Å². The van der Waals surface area contributed by atoms with Crippen LogP contribution in [0.5, 0.6) is 11.6 Å². The molecule has 1 heterocycles. The standard InChI is InChI=1S/C16H11BrFNO/c1-10-8-11-4-2-3-5-14(11)19-16(10)20-15-9-12(18)6-7-13(15)17/h2-9H,1H3. The Bertz CT molecular complexity index is 789. The molecule has 0 unspecified atom stereocenters. The number of pyridine rings is 1. The number of aromatic nitrogens is 1. The predicted molar refractivity (Wildman–Crippen MR) is 80.7 cm³/mol. The Labute approximate surface area is 124 Å². The van der Waals surface area contributed by atoms with E-state index in [0.717, 1.165) is 16.5 Å². The van der Waals surface area contributed by atoms with E-state index >= 15 is 0 Å². The topological polar surface area (TPSA) is 22.1 Å². The molecule has 0 aliphatic heterocycles. The van der Waals surface area contributed by atoms with Crippen LogP contribution in [0.4, 0.5) is 4.39 Å². The Hall–Kier alpha value is -1.94. The van der Waals surface area contributed by atoms with Crippen LogP contribution in [0.2, 0.25) is 0 Å². The van der Waals surface area contributed by atoms with Gasteiger partial charge >= 0.3 is 0 Å². The molecule has 0 amide bonds. The maximum atomic E-state index is 13.3. The maximum absolute atomic E-state index is 13.3. The maximum Gasteiger partial charge on any atom is 0.222 e. The van der Waals surface area contributed by atoms with Gasteiger partial charge < -0.3 is 4.74 Å². The van der Waals surface area contributed by atoms with E-state index in [1.165, 1.54) is 12.1 Å². The lowest BCUT2D eigenvalue weighted by Crippen LogP contribution is -1.93. The molecule has 3 aromatic rings. The molecule has 0 N–H and O–H groups in total. The third kappa shape index (κ3) is 2.51. The number of hydrogen-bond donors (Lipinski definition) is 0. The predicted octanol–water partition coefficient (Wildman–Crippen LogP) is 5.24. The lowest BCUT2D eigenvalue weighted by atomic mass is 10.2. The highest BCUT2D eigenvalue weighted by molar-refractivity contribution is 9.10. The number of aryl methyl sites for hydroxylation is 1. The third-order valence-electron chi connectivity index (χ3n) is 2.97. The van der Waals surface area contributed by atoms with Crippen LogP contribution >= 0.6 is 15.9 Å². The van der Waals surface area contributed by atoms with E-state index in [9.17, 15) is 4.39 Å². The van der Waals surface area contributed by atoms with E-state index in [-0.39, 0.29) is 5.82 Å². The first-order valence-corrected chi connectivity index (χ1v) is 6.92. The fourth-order valence-electron chi connectivity index (χ4n) is 1.97. The zero-order chi connectivity index (χ0) is 14.1. The monoisotopic (exact) mass is 331 g/mol.